The Balaban J connectivity index is 1.78. The van der Waals surface area contributed by atoms with Gasteiger partial charge in [-0.05, 0) is 49.1 Å². The van der Waals surface area contributed by atoms with Gasteiger partial charge in [0.1, 0.15) is 11.6 Å². The lowest BCUT2D eigenvalue weighted by Gasteiger charge is -2.42. The highest BCUT2D eigenvalue weighted by Gasteiger charge is 2.36. The molecule has 4 nitrogen and oxygen atoms in total. The number of benzene rings is 2. The number of piperidine rings is 1. The van der Waals surface area contributed by atoms with Crippen molar-refractivity contribution in [2.45, 2.75) is 25.8 Å². The minimum Gasteiger partial charge on any atom is -0.493 e. The molecule has 1 fully saturated rings. The first kappa shape index (κ1) is 21.8. The van der Waals surface area contributed by atoms with E-state index in [4.69, 9.17) is 21.1 Å². The number of hydrogen-bond acceptors (Lipinski definition) is 4. The van der Waals surface area contributed by atoms with Gasteiger partial charge in [-0.2, -0.15) is 0 Å². The molecule has 1 aliphatic heterocycles. The molecule has 0 spiro atoms. The van der Waals surface area contributed by atoms with Crippen molar-refractivity contribution in [3.05, 3.63) is 58.1 Å². The van der Waals surface area contributed by atoms with Gasteiger partial charge < -0.3 is 14.6 Å². The van der Waals surface area contributed by atoms with Crippen LogP contribution in [0.4, 0.5) is 8.78 Å². The van der Waals surface area contributed by atoms with Crippen LogP contribution in [0.3, 0.4) is 0 Å². The van der Waals surface area contributed by atoms with Crippen molar-refractivity contribution in [2.24, 2.45) is 5.41 Å². The SMILES string of the molecule is COc1cc(Cl)c(CN2CCCC(CO)(Cc3ccc(F)cc3F)C2)cc1OC. The first-order chi connectivity index (χ1) is 13.9. The number of methoxy groups -OCH3 is 2. The van der Waals surface area contributed by atoms with Crippen LogP contribution in [-0.2, 0) is 13.0 Å². The molecule has 0 aromatic heterocycles. The maximum absolute atomic E-state index is 14.2. The van der Waals surface area contributed by atoms with E-state index in [1.807, 2.05) is 6.07 Å². The predicted octanol–water partition coefficient (Wildman–Crippen LogP) is 4.45. The zero-order valence-electron chi connectivity index (χ0n) is 16.7. The molecule has 1 N–H and O–H groups in total. The molecule has 1 aliphatic rings. The van der Waals surface area contributed by atoms with Gasteiger partial charge in [-0.3, -0.25) is 4.90 Å². The normalized spacial score (nSPS) is 19.9. The molecular weight excluding hydrogens is 400 g/mol. The van der Waals surface area contributed by atoms with Crippen LogP contribution in [0.2, 0.25) is 5.02 Å². The largest absolute Gasteiger partial charge is 0.493 e. The fourth-order valence-corrected chi connectivity index (χ4v) is 4.32. The summed E-state index contributed by atoms with van der Waals surface area (Å²) in [6.07, 6.45) is 2.00. The molecule has 2 aromatic rings. The molecule has 0 aliphatic carbocycles. The Morgan fingerprint density at radius 2 is 1.83 bits per heavy atom. The maximum Gasteiger partial charge on any atom is 0.162 e. The van der Waals surface area contributed by atoms with E-state index in [2.05, 4.69) is 4.90 Å². The number of halogens is 3. The molecule has 2 aromatic carbocycles. The number of nitrogens with zero attached hydrogens (tertiary/aromatic N) is 1. The highest BCUT2D eigenvalue weighted by atomic mass is 35.5. The van der Waals surface area contributed by atoms with Crippen LogP contribution in [0.25, 0.3) is 0 Å². The zero-order chi connectivity index (χ0) is 21.0. The van der Waals surface area contributed by atoms with Crippen molar-refractivity contribution < 1.29 is 23.4 Å². The Kier molecular flexibility index (Phi) is 6.98. The van der Waals surface area contributed by atoms with Gasteiger partial charge in [-0.25, -0.2) is 8.78 Å². The Morgan fingerprint density at radius 1 is 1.10 bits per heavy atom. The molecule has 1 heterocycles. The van der Waals surface area contributed by atoms with Gasteiger partial charge in [0.15, 0.2) is 11.5 Å². The minimum absolute atomic E-state index is 0.0695. The van der Waals surface area contributed by atoms with E-state index in [0.29, 0.717) is 41.6 Å². The standard InChI is InChI=1S/C22H26ClF2NO3/c1-28-20-8-16(18(23)10-21(20)29-2)12-26-7-3-6-22(13-26,14-27)11-15-4-5-17(24)9-19(15)25/h4-5,8-10,27H,3,6-7,11-14H2,1-2H3. The zero-order valence-corrected chi connectivity index (χ0v) is 17.4. The minimum atomic E-state index is -0.599. The second-order valence-electron chi connectivity index (χ2n) is 7.68. The van der Waals surface area contributed by atoms with Crippen LogP contribution < -0.4 is 9.47 Å². The first-order valence-electron chi connectivity index (χ1n) is 9.57. The molecule has 1 atom stereocenters. The second-order valence-corrected chi connectivity index (χ2v) is 8.09. The smallest absolute Gasteiger partial charge is 0.162 e. The lowest BCUT2D eigenvalue weighted by Crippen LogP contribution is -2.46. The van der Waals surface area contributed by atoms with Crippen LogP contribution in [0.5, 0.6) is 11.5 Å². The summed E-state index contributed by atoms with van der Waals surface area (Å²) in [7, 11) is 3.13. The Labute approximate surface area is 175 Å². The quantitative estimate of drug-likeness (QED) is 0.711. The Morgan fingerprint density at radius 3 is 2.48 bits per heavy atom. The second kappa shape index (κ2) is 9.28. The number of likely N-dealkylation sites (tertiary alicyclic amines) is 1. The van der Waals surface area contributed by atoms with Crippen molar-refractivity contribution in [3.63, 3.8) is 0 Å². The third-order valence-corrected chi connectivity index (χ3v) is 5.95. The summed E-state index contributed by atoms with van der Waals surface area (Å²) in [4.78, 5) is 2.20. The molecule has 0 amide bonds. The van der Waals surface area contributed by atoms with Crippen LogP contribution in [-0.4, -0.2) is 43.9 Å². The fourth-order valence-electron chi connectivity index (χ4n) is 4.10. The van der Waals surface area contributed by atoms with Gasteiger partial charge in [-0.15, -0.1) is 0 Å². The third-order valence-electron chi connectivity index (χ3n) is 5.60. The fraction of sp³-hybridized carbons (Fsp3) is 0.455. The molecule has 1 saturated heterocycles. The van der Waals surface area contributed by atoms with Gasteiger partial charge in [0.2, 0.25) is 0 Å². The van der Waals surface area contributed by atoms with Gasteiger partial charge in [0.05, 0.1) is 20.8 Å². The molecule has 3 rings (SSSR count). The number of rotatable bonds is 7. The van der Waals surface area contributed by atoms with E-state index in [1.165, 1.54) is 12.1 Å². The van der Waals surface area contributed by atoms with Gasteiger partial charge in [0, 0.05) is 35.7 Å². The summed E-state index contributed by atoms with van der Waals surface area (Å²) >= 11 is 6.43. The van der Waals surface area contributed by atoms with Crippen LogP contribution >= 0.6 is 11.6 Å². The lowest BCUT2D eigenvalue weighted by atomic mass is 9.75. The summed E-state index contributed by atoms with van der Waals surface area (Å²) in [6.45, 7) is 1.94. The van der Waals surface area contributed by atoms with E-state index in [9.17, 15) is 13.9 Å². The van der Waals surface area contributed by atoms with Crippen molar-refractivity contribution in [3.8, 4) is 11.5 Å². The number of aliphatic hydroxyl groups is 1. The lowest BCUT2D eigenvalue weighted by molar-refractivity contribution is 0.0282. The molecule has 1 unspecified atom stereocenters. The van der Waals surface area contributed by atoms with Crippen molar-refractivity contribution in [2.75, 3.05) is 33.9 Å². The molecule has 158 valence electrons. The Bertz CT molecular complexity index is 864. The average molecular weight is 426 g/mol. The molecular formula is C22H26ClF2NO3. The predicted molar refractivity (Wildman–Crippen MR) is 109 cm³/mol. The van der Waals surface area contributed by atoms with Crippen molar-refractivity contribution in [1.29, 1.82) is 0 Å². The third kappa shape index (κ3) is 5.00. The van der Waals surface area contributed by atoms with Gasteiger partial charge in [0.25, 0.3) is 0 Å². The van der Waals surface area contributed by atoms with Crippen molar-refractivity contribution in [1.82, 2.24) is 4.90 Å². The first-order valence-corrected chi connectivity index (χ1v) is 9.95. The van der Waals surface area contributed by atoms with Crippen LogP contribution in [0, 0.1) is 17.0 Å². The van der Waals surface area contributed by atoms with E-state index in [-0.39, 0.29) is 6.61 Å². The summed E-state index contributed by atoms with van der Waals surface area (Å²) in [5, 5.41) is 10.7. The van der Waals surface area contributed by atoms with Gasteiger partial charge in [-0.1, -0.05) is 17.7 Å². The van der Waals surface area contributed by atoms with Crippen molar-refractivity contribution >= 4 is 11.6 Å². The summed E-state index contributed by atoms with van der Waals surface area (Å²) in [6, 6.07) is 7.20. The molecule has 0 radical (unpaired) electrons. The van der Waals surface area contributed by atoms with E-state index < -0.39 is 17.0 Å². The topological polar surface area (TPSA) is 41.9 Å². The number of aliphatic hydroxyl groups excluding tert-OH is 1. The van der Waals surface area contributed by atoms with E-state index in [0.717, 1.165) is 31.0 Å². The summed E-state index contributed by atoms with van der Waals surface area (Å²) < 4.78 is 38.1. The number of hydrogen-bond donors (Lipinski definition) is 1. The number of ether oxygens (including phenoxy) is 2. The molecule has 0 saturated carbocycles. The van der Waals surface area contributed by atoms with E-state index in [1.54, 1.807) is 20.3 Å². The highest BCUT2D eigenvalue weighted by Crippen LogP contribution is 2.37. The van der Waals surface area contributed by atoms with Crippen LogP contribution in [0.1, 0.15) is 24.0 Å². The molecule has 0 bridgehead atoms. The van der Waals surface area contributed by atoms with Crippen LogP contribution in [0.15, 0.2) is 30.3 Å². The molecule has 7 heteroatoms. The molecule has 29 heavy (non-hydrogen) atoms. The van der Waals surface area contributed by atoms with Gasteiger partial charge >= 0.3 is 0 Å². The summed E-state index contributed by atoms with van der Waals surface area (Å²) in [5.41, 5.74) is 0.831. The van der Waals surface area contributed by atoms with E-state index >= 15 is 0 Å². The Hall–Kier alpha value is -1.89. The summed E-state index contributed by atoms with van der Waals surface area (Å²) in [5.74, 6) is -0.00218. The average Bonchev–Trinajstić information content (AvgIpc) is 2.71. The highest BCUT2D eigenvalue weighted by molar-refractivity contribution is 6.31. The monoisotopic (exact) mass is 425 g/mol. The maximum atomic E-state index is 14.2.